The quantitative estimate of drug-likeness (QED) is 0.610. The second kappa shape index (κ2) is 8.98. The molecule has 0 aliphatic heterocycles. The van der Waals surface area contributed by atoms with Gasteiger partial charge in [-0.25, -0.2) is 4.99 Å². The fourth-order valence-corrected chi connectivity index (χ4v) is 2.39. The Bertz CT molecular complexity index is 604. The van der Waals surface area contributed by atoms with Crippen LogP contribution in [0.15, 0.2) is 47.7 Å². The van der Waals surface area contributed by atoms with Gasteiger partial charge in [0.25, 0.3) is 0 Å². The molecular weight excluding hydrogens is 286 g/mol. The third-order valence-corrected chi connectivity index (χ3v) is 3.52. The molecule has 0 aliphatic rings. The van der Waals surface area contributed by atoms with Crippen molar-refractivity contribution < 1.29 is 0 Å². The van der Waals surface area contributed by atoms with E-state index in [1.807, 2.05) is 23.1 Å². The molecule has 1 aromatic heterocycles. The van der Waals surface area contributed by atoms with Crippen LogP contribution in [0.5, 0.6) is 0 Å². The Labute approximate surface area is 138 Å². The molecule has 1 unspecified atom stereocenters. The summed E-state index contributed by atoms with van der Waals surface area (Å²) in [6.07, 6.45) is 3.81. The summed E-state index contributed by atoms with van der Waals surface area (Å²) in [6, 6.07) is 10.4. The molecule has 0 spiro atoms. The summed E-state index contributed by atoms with van der Waals surface area (Å²) in [5.74, 6) is 1.33. The van der Waals surface area contributed by atoms with Crippen LogP contribution in [0.4, 0.5) is 0 Å². The first kappa shape index (κ1) is 17.1. The van der Waals surface area contributed by atoms with Gasteiger partial charge in [-0.2, -0.15) is 5.10 Å². The van der Waals surface area contributed by atoms with Gasteiger partial charge in [-0.3, -0.25) is 4.68 Å². The Morgan fingerprint density at radius 3 is 2.87 bits per heavy atom. The number of rotatable bonds is 7. The average molecular weight is 313 g/mol. The fourth-order valence-electron chi connectivity index (χ4n) is 2.39. The van der Waals surface area contributed by atoms with E-state index in [-0.39, 0.29) is 0 Å². The molecule has 0 aliphatic carbocycles. The maximum Gasteiger partial charge on any atom is 0.191 e. The van der Waals surface area contributed by atoms with Gasteiger partial charge in [-0.15, -0.1) is 0 Å². The van der Waals surface area contributed by atoms with Gasteiger partial charge in [0.05, 0.1) is 6.54 Å². The van der Waals surface area contributed by atoms with Crippen LogP contribution >= 0.6 is 0 Å². The predicted molar refractivity (Wildman–Crippen MR) is 95.4 cm³/mol. The monoisotopic (exact) mass is 313 g/mol. The van der Waals surface area contributed by atoms with E-state index in [1.54, 1.807) is 0 Å². The minimum absolute atomic E-state index is 0.470. The molecule has 0 fully saturated rings. The highest BCUT2D eigenvalue weighted by molar-refractivity contribution is 5.79. The van der Waals surface area contributed by atoms with Crippen LogP contribution in [0.2, 0.25) is 0 Å². The molecule has 5 heteroatoms. The number of hydrogen-bond acceptors (Lipinski definition) is 2. The van der Waals surface area contributed by atoms with Crippen LogP contribution < -0.4 is 10.6 Å². The van der Waals surface area contributed by atoms with Gasteiger partial charge in [-0.1, -0.05) is 36.8 Å². The highest BCUT2D eigenvalue weighted by atomic mass is 15.3. The van der Waals surface area contributed by atoms with Crippen LogP contribution in [0.3, 0.4) is 0 Å². The highest BCUT2D eigenvalue weighted by Gasteiger charge is 2.05. The van der Waals surface area contributed by atoms with Crippen LogP contribution in [0, 0.1) is 12.8 Å². The van der Waals surface area contributed by atoms with Gasteiger partial charge in [0.2, 0.25) is 0 Å². The summed E-state index contributed by atoms with van der Waals surface area (Å²) in [5, 5.41) is 11.0. The zero-order valence-electron chi connectivity index (χ0n) is 14.3. The molecule has 124 valence electrons. The molecule has 0 saturated carbocycles. The van der Waals surface area contributed by atoms with Crippen LogP contribution in [-0.4, -0.2) is 28.8 Å². The van der Waals surface area contributed by atoms with Gasteiger partial charge in [0.15, 0.2) is 5.96 Å². The molecule has 1 heterocycles. The van der Waals surface area contributed by atoms with E-state index in [0.29, 0.717) is 12.5 Å². The van der Waals surface area contributed by atoms with Crippen molar-refractivity contribution in [2.45, 2.75) is 33.9 Å². The first-order valence-corrected chi connectivity index (χ1v) is 8.22. The number of hydrogen-bond donors (Lipinski definition) is 2. The van der Waals surface area contributed by atoms with Crippen molar-refractivity contribution in [3.63, 3.8) is 0 Å². The summed E-state index contributed by atoms with van der Waals surface area (Å²) in [5.41, 5.74) is 2.50. The van der Waals surface area contributed by atoms with E-state index in [9.17, 15) is 0 Å². The third-order valence-electron chi connectivity index (χ3n) is 3.52. The van der Waals surface area contributed by atoms with Crippen LogP contribution in [0.25, 0.3) is 0 Å². The molecule has 1 aromatic carbocycles. The lowest BCUT2D eigenvalue weighted by atomic mass is 10.1. The molecule has 5 nitrogen and oxygen atoms in total. The van der Waals surface area contributed by atoms with Crippen molar-refractivity contribution in [2.75, 3.05) is 13.1 Å². The van der Waals surface area contributed by atoms with Gasteiger partial charge >= 0.3 is 0 Å². The van der Waals surface area contributed by atoms with Crippen molar-refractivity contribution in [3.05, 3.63) is 53.9 Å². The number of aromatic nitrogens is 2. The summed E-state index contributed by atoms with van der Waals surface area (Å²) in [6.45, 7) is 9.69. The van der Waals surface area contributed by atoms with Crippen molar-refractivity contribution >= 4 is 5.96 Å². The molecule has 2 rings (SSSR count). The lowest BCUT2D eigenvalue weighted by Crippen LogP contribution is -2.40. The van der Waals surface area contributed by atoms with Gasteiger partial charge in [0.1, 0.15) is 0 Å². The number of nitrogens with one attached hydrogen (secondary N) is 2. The van der Waals surface area contributed by atoms with Crippen LogP contribution in [0.1, 0.15) is 25.0 Å². The first-order valence-electron chi connectivity index (χ1n) is 8.22. The lowest BCUT2D eigenvalue weighted by Gasteiger charge is -2.16. The van der Waals surface area contributed by atoms with Gasteiger partial charge in [-0.05, 0) is 31.4 Å². The molecule has 0 amide bonds. The van der Waals surface area contributed by atoms with Crippen molar-refractivity contribution in [1.29, 1.82) is 0 Å². The Hall–Kier alpha value is -2.30. The molecule has 2 aromatic rings. The van der Waals surface area contributed by atoms with Crippen LogP contribution in [-0.2, 0) is 13.1 Å². The Morgan fingerprint density at radius 1 is 1.30 bits per heavy atom. The van der Waals surface area contributed by atoms with E-state index < -0.39 is 0 Å². The second-order valence-corrected chi connectivity index (χ2v) is 5.90. The van der Waals surface area contributed by atoms with E-state index in [2.05, 4.69) is 65.8 Å². The third kappa shape index (κ3) is 6.14. The molecule has 2 N–H and O–H groups in total. The topological polar surface area (TPSA) is 54.2 Å². The lowest BCUT2D eigenvalue weighted by molar-refractivity contribution is 0.443. The normalized spacial score (nSPS) is 12.9. The number of aliphatic imine (C=N–C) groups is 1. The smallest absolute Gasteiger partial charge is 0.191 e. The molecule has 1 atom stereocenters. The fraction of sp³-hybridized carbons (Fsp3) is 0.444. The molecule has 0 bridgehead atoms. The zero-order valence-corrected chi connectivity index (χ0v) is 14.3. The summed E-state index contributed by atoms with van der Waals surface area (Å²) in [4.78, 5) is 4.67. The summed E-state index contributed by atoms with van der Waals surface area (Å²) < 4.78 is 1.96. The second-order valence-electron chi connectivity index (χ2n) is 5.90. The highest BCUT2D eigenvalue weighted by Crippen LogP contribution is 2.05. The summed E-state index contributed by atoms with van der Waals surface area (Å²) in [7, 11) is 0. The molecule has 0 radical (unpaired) electrons. The average Bonchev–Trinajstić information content (AvgIpc) is 3.03. The Balaban J connectivity index is 1.86. The van der Waals surface area contributed by atoms with Gasteiger partial charge in [0, 0.05) is 32.0 Å². The van der Waals surface area contributed by atoms with Crippen molar-refractivity contribution in [2.24, 2.45) is 10.9 Å². The number of nitrogens with zero attached hydrogens (tertiary/aromatic N) is 3. The van der Waals surface area contributed by atoms with E-state index in [0.717, 1.165) is 25.6 Å². The minimum Gasteiger partial charge on any atom is -0.357 e. The number of guanidine groups is 1. The minimum atomic E-state index is 0.470. The van der Waals surface area contributed by atoms with Gasteiger partial charge < -0.3 is 10.6 Å². The van der Waals surface area contributed by atoms with E-state index in [1.165, 1.54) is 11.1 Å². The standard InChI is InChI=1S/C18H27N5/c1-4-19-18(21-13-17-8-5-7-15(2)11-17)20-12-16(3)14-23-10-6-9-22-23/h5-11,16H,4,12-14H2,1-3H3,(H2,19,20,21). The number of benzene rings is 1. The number of aryl methyl sites for hydroxylation is 1. The Morgan fingerprint density at radius 2 is 2.17 bits per heavy atom. The Kier molecular flexibility index (Phi) is 6.66. The zero-order chi connectivity index (χ0) is 16.5. The summed E-state index contributed by atoms with van der Waals surface area (Å²) >= 11 is 0. The van der Waals surface area contributed by atoms with Crippen molar-refractivity contribution in [1.82, 2.24) is 20.4 Å². The van der Waals surface area contributed by atoms with E-state index in [4.69, 9.17) is 0 Å². The molecule has 23 heavy (non-hydrogen) atoms. The van der Waals surface area contributed by atoms with Crippen molar-refractivity contribution in [3.8, 4) is 0 Å². The molecular formula is C18H27N5. The van der Waals surface area contributed by atoms with E-state index >= 15 is 0 Å². The predicted octanol–water partition coefficient (Wildman–Crippen LogP) is 2.58. The maximum atomic E-state index is 4.67. The maximum absolute atomic E-state index is 4.67. The SMILES string of the molecule is CCNC(=NCc1cccc(C)c1)NCC(C)Cn1cccn1. The first-order chi connectivity index (χ1) is 11.2. The molecule has 0 saturated heterocycles. The largest absolute Gasteiger partial charge is 0.357 e.